The summed E-state index contributed by atoms with van der Waals surface area (Å²) in [7, 11) is 0. The summed E-state index contributed by atoms with van der Waals surface area (Å²) in [6.45, 7) is 6.78. The average molecular weight is 371 g/mol. The van der Waals surface area contributed by atoms with Crippen molar-refractivity contribution >= 4 is 11.6 Å². The van der Waals surface area contributed by atoms with Crippen LogP contribution in [0.3, 0.4) is 0 Å². The van der Waals surface area contributed by atoms with Gasteiger partial charge < -0.3 is 14.9 Å². The second kappa shape index (κ2) is 7.56. The standard InChI is InChI=1S/C23H34N2O2/c1-17(2)18-8-10-19(11-9-18)24-14-12-23(13-15-24)21(16-26)22(27)25(23)20-6-4-3-5-7-20/h3-7,17-19,21,26H,8-16H2,1-2H3/t18?,19?,21-/m0/s1. The Hall–Kier alpha value is -1.39. The van der Waals surface area contributed by atoms with Gasteiger partial charge in [0.2, 0.25) is 5.91 Å². The topological polar surface area (TPSA) is 43.8 Å². The zero-order valence-electron chi connectivity index (χ0n) is 16.8. The average Bonchev–Trinajstić information content (AvgIpc) is 2.70. The molecule has 1 aromatic carbocycles. The van der Waals surface area contributed by atoms with E-state index in [1.807, 2.05) is 35.2 Å². The Morgan fingerprint density at radius 1 is 1.07 bits per heavy atom. The maximum atomic E-state index is 12.7. The van der Waals surface area contributed by atoms with E-state index in [1.54, 1.807) is 0 Å². The molecular weight excluding hydrogens is 336 g/mol. The van der Waals surface area contributed by atoms with Crippen LogP contribution in [0, 0.1) is 17.8 Å². The Morgan fingerprint density at radius 3 is 2.26 bits per heavy atom. The number of benzene rings is 1. The van der Waals surface area contributed by atoms with Gasteiger partial charge in [-0.15, -0.1) is 0 Å². The number of aliphatic hydroxyl groups excluding tert-OH is 1. The number of likely N-dealkylation sites (tertiary alicyclic amines) is 1. The second-order valence-electron chi connectivity index (χ2n) is 9.20. The van der Waals surface area contributed by atoms with Gasteiger partial charge in [0.25, 0.3) is 0 Å². The highest BCUT2D eigenvalue weighted by molar-refractivity contribution is 6.05. The van der Waals surface area contributed by atoms with Crippen LogP contribution in [0.5, 0.6) is 0 Å². The Kier molecular flexibility index (Phi) is 5.30. The molecule has 0 radical (unpaired) electrons. The Balaban J connectivity index is 1.43. The molecular formula is C23H34N2O2. The first-order valence-electron chi connectivity index (χ1n) is 10.8. The van der Waals surface area contributed by atoms with Gasteiger partial charge in [-0.1, -0.05) is 32.0 Å². The molecule has 0 unspecified atom stereocenters. The first-order valence-corrected chi connectivity index (χ1v) is 10.8. The summed E-state index contributed by atoms with van der Waals surface area (Å²) in [6.07, 6.45) is 7.31. The third-order valence-corrected chi connectivity index (χ3v) is 7.67. The lowest BCUT2D eigenvalue weighted by molar-refractivity contribution is -0.140. The number of piperidine rings is 1. The number of carbonyl (C=O) groups excluding carboxylic acids is 1. The van der Waals surface area contributed by atoms with Crippen LogP contribution >= 0.6 is 0 Å². The van der Waals surface area contributed by atoms with Crippen LogP contribution < -0.4 is 4.90 Å². The minimum atomic E-state index is -0.225. The SMILES string of the molecule is CC(C)C1CCC(N2CCC3(CC2)[C@@H](CO)C(=O)N3c2ccccc2)CC1. The molecule has 3 fully saturated rings. The normalized spacial score (nSPS) is 31.3. The molecule has 4 nitrogen and oxygen atoms in total. The van der Waals surface area contributed by atoms with Crippen molar-refractivity contribution < 1.29 is 9.90 Å². The van der Waals surface area contributed by atoms with Gasteiger partial charge in [0.05, 0.1) is 18.1 Å². The predicted molar refractivity (Wildman–Crippen MR) is 109 cm³/mol. The Labute approximate surface area is 163 Å². The summed E-state index contributed by atoms with van der Waals surface area (Å²) in [4.78, 5) is 17.4. The lowest BCUT2D eigenvalue weighted by Crippen LogP contribution is -2.75. The van der Waals surface area contributed by atoms with E-state index in [2.05, 4.69) is 18.7 Å². The van der Waals surface area contributed by atoms with Crippen molar-refractivity contribution in [2.24, 2.45) is 17.8 Å². The van der Waals surface area contributed by atoms with Gasteiger partial charge in [-0.2, -0.15) is 0 Å². The number of carbonyl (C=O) groups is 1. The number of aliphatic hydroxyl groups is 1. The predicted octanol–water partition coefficient (Wildman–Crippen LogP) is 3.69. The van der Waals surface area contributed by atoms with Gasteiger partial charge in [-0.25, -0.2) is 0 Å². The Bertz CT molecular complexity index is 644. The molecule has 1 aliphatic carbocycles. The zero-order chi connectivity index (χ0) is 19.0. The van der Waals surface area contributed by atoms with Crippen LogP contribution in [0.1, 0.15) is 52.4 Å². The van der Waals surface area contributed by atoms with Crippen LogP contribution in [-0.2, 0) is 4.79 Å². The minimum absolute atomic E-state index is 0.0261. The van der Waals surface area contributed by atoms with Crippen molar-refractivity contribution in [1.82, 2.24) is 4.90 Å². The van der Waals surface area contributed by atoms with Crippen LogP contribution in [0.4, 0.5) is 5.69 Å². The molecule has 2 aliphatic heterocycles. The lowest BCUT2D eigenvalue weighted by Gasteiger charge is -2.60. The first kappa shape index (κ1) is 18.9. The highest BCUT2D eigenvalue weighted by Crippen LogP contribution is 2.48. The number of β-lactam (4-membered cyclic amide) rings is 1. The maximum absolute atomic E-state index is 12.7. The van der Waals surface area contributed by atoms with E-state index in [0.29, 0.717) is 6.04 Å². The third-order valence-electron chi connectivity index (χ3n) is 7.67. The first-order chi connectivity index (χ1) is 13.1. The number of anilines is 1. The van der Waals surface area contributed by atoms with Gasteiger partial charge in [-0.05, 0) is 62.5 Å². The third kappa shape index (κ3) is 3.21. The maximum Gasteiger partial charge on any atom is 0.235 e. The molecule has 0 aromatic heterocycles. The van der Waals surface area contributed by atoms with E-state index in [9.17, 15) is 9.90 Å². The lowest BCUT2D eigenvalue weighted by atomic mass is 9.66. The van der Waals surface area contributed by atoms with Crippen molar-refractivity contribution in [3.63, 3.8) is 0 Å². The number of rotatable bonds is 4. The molecule has 0 bridgehead atoms. The van der Waals surface area contributed by atoms with Gasteiger partial charge >= 0.3 is 0 Å². The van der Waals surface area contributed by atoms with Gasteiger partial charge in [0, 0.05) is 24.8 Å². The molecule has 3 aliphatic rings. The number of hydrogen-bond acceptors (Lipinski definition) is 3. The highest BCUT2D eigenvalue weighted by atomic mass is 16.3. The monoisotopic (exact) mass is 370 g/mol. The summed E-state index contributed by atoms with van der Waals surface area (Å²) < 4.78 is 0. The largest absolute Gasteiger partial charge is 0.395 e. The fourth-order valence-electron chi connectivity index (χ4n) is 5.89. The van der Waals surface area contributed by atoms with Crippen molar-refractivity contribution in [2.45, 2.75) is 64.0 Å². The molecule has 27 heavy (non-hydrogen) atoms. The molecule has 1 saturated carbocycles. The summed E-state index contributed by atoms with van der Waals surface area (Å²) in [5, 5.41) is 9.87. The molecule has 4 rings (SSSR count). The Morgan fingerprint density at radius 2 is 1.70 bits per heavy atom. The van der Waals surface area contributed by atoms with E-state index in [0.717, 1.165) is 43.5 Å². The molecule has 1 N–H and O–H groups in total. The fourth-order valence-corrected chi connectivity index (χ4v) is 5.89. The van der Waals surface area contributed by atoms with Crippen molar-refractivity contribution in [1.29, 1.82) is 0 Å². The van der Waals surface area contributed by atoms with E-state index < -0.39 is 0 Å². The van der Waals surface area contributed by atoms with E-state index in [4.69, 9.17) is 0 Å². The van der Waals surface area contributed by atoms with Gasteiger partial charge in [0.15, 0.2) is 0 Å². The minimum Gasteiger partial charge on any atom is -0.395 e. The summed E-state index contributed by atoms with van der Waals surface area (Å²) in [6, 6.07) is 10.7. The molecule has 4 heteroatoms. The number of amides is 1. The number of hydrogen-bond donors (Lipinski definition) is 1. The summed E-state index contributed by atoms with van der Waals surface area (Å²) >= 11 is 0. The van der Waals surface area contributed by atoms with Crippen LogP contribution in [0.2, 0.25) is 0 Å². The van der Waals surface area contributed by atoms with Crippen molar-refractivity contribution in [3.05, 3.63) is 30.3 Å². The van der Waals surface area contributed by atoms with E-state index in [-0.39, 0.29) is 24.0 Å². The van der Waals surface area contributed by atoms with Crippen LogP contribution in [0.15, 0.2) is 30.3 Å². The fraction of sp³-hybridized carbons (Fsp3) is 0.696. The molecule has 2 saturated heterocycles. The van der Waals surface area contributed by atoms with Gasteiger partial charge in [0.1, 0.15) is 0 Å². The molecule has 148 valence electrons. The van der Waals surface area contributed by atoms with Crippen molar-refractivity contribution in [2.75, 3.05) is 24.6 Å². The second-order valence-corrected chi connectivity index (χ2v) is 9.20. The molecule has 2 heterocycles. The highest BCUT2D eigenvalue weighted by Gasteiger charge is 2.60. The molecule has 1 amide bonds. The summed E-state index contributed by atoms with van der Waals surface area (Å²) in [5.41, 5.74) is 0.803. The number of nitrogens with zero attached hydrogens (tertiary/aromatic N) is 2. The molecule has 1 spiro atoms. The summed E-state index contributed by atoms with van der Waals surface area (Å²) in [5.74, 6) is 1.57. The van der Waals surface area contributed by atoms with Crippen LogP contribution in [-0.4, -0.2) is 47.2 Å². The molecule has 1 atom stereocenters. The van der Waals surface area contributed by atoms with Crippen molar-refractivity contribution in [3.8, 4) is 0 Å². The van der Waals surface area contributed by atoms with E-state index in [1.165, 1.54) is 25.7 Å². The zero-order valence-corrected chi connectivity index (χ0v) is 16.8. The molecule has 1 aromatic rings. The smallest absolute Gasteiger partial charge is 0.235 e. The quantitative estimate of drug-likeness (QED) is 0.822. The number of para-hydroxylation sites is 1. The van der Waals surface area contributed by atoms with E-state index >= 15 is 0 Å². The van der Waals surface area contributed by atoms with Crippen LogP contribution in [0.25, 0.3) is 0 Å². The van der Waals surface area contributed by atoms with Gasteiger partial charge in [-0.3, -0.25) is 4.79 Å².